The number of fused-ring (bicyclic) bond motifs is 1. The van der Waals surface area contributed by atoms with E-state index in [-0.39, 0.29) is 17.1 Å². The Kier molecular flexibility index (Phi) is 13.1. The number of azide groups is 1. The molecule has 2 aromatic heterocycles. The van der Waals surface area contributed by atoms with Crippen LogP contribution in [0, 0.1) is 0 Å². The highest BCUT2D eigenvalue weighted by atomic mass is 31.2. The molecule has 4 atom stereocenters. The maximum absolute atomic E-state index is 11.8. The fraction of sp³-hybridized carbons (Fsp3) is 0.500. The molecule has 0 amide bonds. The highest BCUT2D eigenvalue weighted by molar-refractivity contribution is 7.45. The lowest BCUT2D eigenvalue weighted by Crippen LogP contribution is -2.31. The Balaban J connectivity index is 0.000000711. The number of nitrogen functional groups attached to an aromatic ring is 1. The van der Waals surface area contributed by atoms with Crippen LogP contribution in [0.3, 0.4) is 0 Å². The Labute approximate surface area is 202 Å². The van der Waals surface area contributed by atoms with Crippen molar-refractivity contribution in [2.45, 2.75) is 24.5 Å². The second-order valence-electron chi connectivity index (χ2n) is 6.25. The molecule has 2 aromatic rings. The van der Waals surface area contributed by atoms with Crippen LogP contribution in [0.15, 0.2) is 16.2 Å². The molecule has 0 radical (unpaired) electrons. The highest BCUT2D eigenvalue weighted by Crippen LogP contribution is 2.33. The molecule has 1 fully saturated rings. The van der Waals surface area contributed by atoms with Crippen LogP contribution < -0.4 is 11.3 Å². The van der Waals surface area contributed by atoms with Crippen LogP contribution >= 0.6 is 23.5 Å². The summed E-state index contributed by atoms with van der Waals surface area (Å²) >= 11 is 0. The number of rotatable bonds is 3. The summed E-state index contributed by atoms with van der Waals surface area (Å²) < 4.78 is 33.5. The highest BCUT2D eigenvalue weighted by Gasteiger charge is 2.44. The number of nitrogens with two attached hydrogens (primary N) is 1. The number of hydrogen-bond acceptors (Lipinski definition) is 11. The van der Waals surface area contributed by atoms with Gasteiger partial charge in [-0.1, -0.05) is 5.11 Å². The number of aromatic amines is 1. The lowest BCUT2D eigenvalue weighted by molar-refractivity contribution is -0.0436. The minimum atomic E-state index is -4.64. The molecule has 24 nitrogen and oxygen atoms in total. The van der Waals surface area contributed by atoms with Crippen LogP contribution in [-0.4, -0.2) is 98.6 Å². The van der Waals surface area contributed by atoms with Crippen LogP contribution in [0.2, 0.25) is 0 Å². The molecular weight excluding hydrogens is 581 g/mol. The van der Waals surface area contributed by atoms with E-state index < -0.39 is 60.1 Å². The van der Waals surface area contributed by atoms with Gasteiger partial charge >= 0.3 is 23.5 Å². The summed E-state index contributed by atoms with van der Waals surface area (Å²) in [6, 6.07) is -1.01. The molecular formula is C10H21N8O16P3. The van der Waals surface area contributed by atoms with Crippen molar-refractivity contribution in [3.8, 4) is 0 Å². The summed E-state index contributed by atoms with van der Waals surface area (Å²) in [4.78, 5) is 89.3. The van der Waals surface area contributed by atoms with Gasteiger partial charge in [0.25, 0.3) is 5.56 Å². The Morgan fingerprint density at radius 1 is 1.08 bits per heavy atom. The number of nitrogens with zero attached hydrogens (tertiary/aromatic N) is 6. The second-order valence-corrected chi connectivity index (χ2v) is 9.33. The monoisotopic (exact) mass is 602 g/mol. The quantitative estimate of drug-likeness (QED) is 0.0685. The molecule has 0 spiro atoms. The minimum Gasteiger partial charge on any atom is -0.394 e. The average molecular weight is 602 g/mol. The number of ether oxygens (including phenoxy) is 1. The van der Waals surface area contributed by atoms with Crippen molar-refractivity contribution in [2.24, 2.45) is 5.11 Å². The van der Waals surface area contributed by atoms with Gasteiger partial charge in [0.2, 0.25) is 5.95 Å². The Hall–Kier alpha value is -2.33. The summed E-state index contributed by atoms with van der Waals surface area (Å²) in [5, 5.41) is 22.7. The van der Waals surface area contributed by atoms with E-state index >= 15 is 0 Å². The van der Waals surface area contributed by atoms with E-state index in [1.807, 2.05) is 0 Å². The SMILES string of the molecule is O=P(O)(O)O.O=P(O)(O)O.O=P(O)(O)O.[N-]=[N+]=N[C@@H]1[C@H](O)[C@@H](CO)O[C@H]1n1cnc2c(=O)[nH]c(N)nc21. The largest absolute Gasteiger partial charge is 0.466 e. The Morgan fingerprint density at radius 3 is 1.95 bits per heavy atom. The molecule has 0 bridgehead atoms. The van der Waals surface area contributed by atoms with Crippen LogP contribution in [0.5, 0.6) is 0 Å². The van der Waals surface area contributed by atoms with E-state index in [0.29, 0.717) is 0 Å². The number of imidazole rings is 1. The summed E-state index contributed by atoms with van der Waals surface area (Å²) in [7, 11) is -13.9. The van der Waals surface area contributed by atoms with Gasteiger partial charge in [0.05, 0.1) is 19.0 Å². The van der Waals surface area contributed by atoms with Gasteiger partial charge in [-0.3, -0.25) is 14.3 Å². The molecule has 1 saturated heterocycles. The van der Waals surface area contributed by atoms with E-state index in [2.05, 4.69) is 25.0 Å². The zero-order valence-electron chi connectivity index (χ0n) is 17.7. The third kappa shape index (κ3) is 14.9. The van der Waals surface area contributed by atoms with Crippen LogP contribution in [0.1, 0.15) is 6.23 Å². The lowest BCUT2D eigenvalue weighted by Gasteiger charge is -2.16. The second kappa shape index (κ2) is 14.0. The maximum atomic E-state index is 11.8. The number of aliphatic hydroxyl groups excluding tert-OH is 2. The molecule has 3 heterocycles. The Morgan fingerprint density at radius 2 is 1.54 bits per heavy atom. The number of hydrogen-bond donors (Lipinski definition) is 13. The van der Waals surface area contributed by atoms with Crippen molar-refractivity contribution in [2.75, 3.05) is 12.3 Å². The third-order valence-electron chi connectivity index (χ3n) is 3.43. The van der Waals surface area contributed by atoms with Crippen molar-refractivity contribution in [3.05, 3.63) is 27.1 Å². The Bertz CT molecular complexity index is 1200. The van der Waals surface area contributed by atoms with Crippen molar-refractivity contribution in [3.63, 3.8) is 0 Å². The number of aromatic nitrogens is 4. The average Bonchev–Trinajstić information content (AvgIpc) is 3.19. The van der Waals surface area contributed by atoms with Crippen LogP contribution in [0.4, 0.5) is 5.95 Å². The number of H-pyrrole nitrogens is 1. The molecule has 1 aliphatic heterocycles. The predicted octanol–water partition coefficient (Wildman–Crippen LogP) is -4.15. The van der Waals surface area contributed by atoms with Crippen molar-refractivity contribution >= 4 is 40.6 Å². The van der Waals surface area contributed by atoms with E-state index in [4.69, 9.17) is 73.7 Å². The van der Waals surface area contributed by atoms with Gasteiger partial charge < -0.3 is 64.7 Å². The molecule has 27 heteroatoms. The number of phosphoric acid groups is 3. The van der Waals surface area contributed by atoms with Gasteiger partial charge in [-0.15, -0.1) is 0 Å². The standard InChI is InChI=1S/C10H12N8O4.3H3O4P/c11-10-14-7-5(8(21)15-10)13-2-18(7)9-4(16-17-12)6(20)3(1-19)22-9;3*1-5(2,3)4/h2-4,6,9,19-20H,1H2,(H3,11,14,15,21);3*(H3,1,2,3,4)/t3-,4-,6-,9-;;;/m1.../s1. The molecule has 0 unspecified atom stereocenters. The number of anilines is 1. The summed E-state index contributed by atoms with van der Waals surface area (Å²) in [5.74, 6) is -0.114. The van der Waals surface area contributed by atoms with Gasteiger partial charge in [-0.25, -0.2) is 18.7 Å². The predicted molar refractivity (Wildman–Crippen MR) is 115 cm³/mol. The lowest BCUT2D eigenvalue weighted by atomic mass is 10.1. The first-order valence-corrected chi connectivity index (χ1v) is 13.3. The van der Waals surface area contributed by atoms with Crippen molar-refractivity contribution < 1.29 is 72.7 Å². The molecule has 0 saturated carbocycles. The van der Waals surface area contributed by atoms with Gasteiger partial charge in [-0.05, 0) is 5.53 Å². The molecule has 1 aliphatic rings. The fourth-order valence-corrected chi connectivity index (χ4v) is 2.42. The summed E-state index contributed by atoms with van der Waals surface area (Å²) in [5.41, 5.74) is 13.8. The normalized spacial score (nSPS) is 21.4. The van der Waals surface area contributed by atoms with E-state index in [1.165, 1.54) is 10.9 Å². The molecule has 14 N–H and O–H groups in total. The van der Waals surface area contributed by atoms with Crippen molar-refractivity contribution in [1.29, 1.82) is 0 Å². The number of nitrogens with one attached hydrogen (secondary N) is 1. The maximum Gasteiger partial charge on any atom is 0.466 e. The molecule has 212 valence electrons. The molecule has 0 aromatic carbocycles. The van der Waals surface area contributed by atoms with E-state index in [0.717, 1.165) is 0 Å². The van der Waals surface area contributed by atoms with E-state index in [9.17, 15) is 15.0 Å². The zero-order chi connectivity index (χ0) is 29.4. The smallest absolute Gasteiger partial charge is 0.394 e. The van der Waals surface area contributed by atoms with Crippen molar-refractivity contribution in [1.82, 2.24) is 19.5 Å². The molecule has 3 rings (SSSR count). The topological polar surface area (TPSA) is 421 Å². The van der Waals surface area contributed by atoms with Crippen LogP contribution in [-0.2, 0) is 18.4 Å². The molecule has 37 heavy (non-hydrogen) atoms. The summed E-state index contributed by atoms with van der Waals surface area (Å²) in [6.45, 7) is -0.460. The third-order valence-corrected chi connectivity index (χ3v) is 3.43. The van der Waals surface area contributed by atoms with Gasteiger partial charge in [0, 0.05) is 4.91 Å². The van der Waals surface area contributed by atoms with E-state index in [1.54, 1.807) is 0 Å². The molecule has 0 aliphatic carbocycles. The van der Waals surface area contributed by atoms with Crippen LogP contribution in [0.25, 0.3) is 21.6 Å². The van der Waals surface area contributed by atoms with Gasteiger partial charge in [-0.2, -0.15) is 4.98 Å². The first-order valence-electron chi connectivity index (χ1n) is 8.62. The fourth-order valence-electron chi connectivity index (χ4n) is 2.42. The first-order chi connectivity index (χ1) is 16.6. The van der Waals surface area contributed by atoms with Gasteiger partial charge in [0.1, 0.15) is 18.4 Å². The minimum absolute atomic E-state index is 0.0272. The summed E-state index contributed by atoms with van der Waals surface area (Å²) in [6.07, 6.45) is -1.84. The number of aliphatic hydroxyl groups is 2. The van der Waals surface area contributed by atoms with Gasteiger partial charge in [0.15, 0.2) is 11.2 Å². The zero-order valence-corrected chi connectivity index (χ0v) is 20.3. The first kappa shape index (κ1) is 34.7.